The van der Waals surface area contributed by atoms with Crippen molar-refractivity contribution < 1.29 is 30.7 Å². The van der Waals surface area contributed by atoms with E-state index in [9.17, 15) is 30.7 Å². The van der Waals surface area contributed by atoms with Crippen LogP contribution >= 0.6 is 12.2 Å². The first-order chi connectivity index (χ1) is 13.9. The highest BCUT2D eigenvalue weighted by Crippen LogP contribution is 2.37. The number of alkyl halides is 6. The van der Waals surface area contributed by atoms with E-state index in [1.54, 1.807) is 0 Å². The van der Waals surface area contributed by atoms with Crippen LogP contribution < -0.4 is 11.1 Å². The van der Waals surface area contributed by atoms with Crippen LogP contribution in [0.5, 0.6) is 0 Å². The van der Waals surface area contributed by atoms with E-state index in [1.807, 2.05) is 0 Å². The third-order valence-corrected chi connectivity index (χ3v) is 4.07. The summed E-state index contributed by atoms with van der Waals surface area (Å²) in [6.45, 7) is 0. The Balaban J connectivity index is 2.12. The molecule has 13 heteroatoms. The summed E-state index contributed by atoms with van der Waals surface area (Å²) < 4.78 is 92.4. The number of anilines is 3. The highest BCUT2D eigenvalue weighted by atomic mass is 32.1. The zero-order chi connectivity index (χ0) is 22.3. The average Bonchev–Trinajstić information content (AvgIpc) is 2.61. The number of nitrogens with two attached hydrogens (primary N) is 1. The van der Waals surface area contributed by atoms with E-state index in [1.165, 1.54) is 18.2 Å². The molecule has 158 valence electrons. The number of para-hydroxylation sites is 1. The van der Waals surface area contributed by atoms with Crippen molar-refractivity contribution in [2.45, 2.75) is 12.4 Å². The van der Waals surface area contributed by atoms with Gasteiger partial charge in [0, 0.05) is 0 Å². The van der Waals surface area contributed by atoms with Gasteiger partial charge in [0.2, 0.25) is 16.7 Å². The maximum Gasteiger partial charge on any atom is 0.416 e. The summed E-state index contributed by atoms with van der Waals surface area (Å²) in [7, 11) is 0. The fourth-order valence-electron chi connectivity index (χ4n) is 2.47. The van der Waals surface area contributed by atoms with Crippen molar-refractivity contribution in [3.8, 4) is 5.69 Å². The zero-order valence-electron chi connectivity index (χ0n) is 14.5. The molecule has 1 heterocycles. The van der Waals surface area contributed by atoms with Crippen LogP contribution in [0.25, 0.3) is 5.69 Å². The Morgan fingerprint density at radius 1 is 0.900 bits per heavy atom. The van der Waals surface area contributed by atoms with E-state index >= 15 is 0 Å². The van der Waals surface area contributed by atoms with E-state index < -0.39 is 45.7 Å². The van der Waals surface area contributed by atoms with Gasteiger partial charge in [-0.05, 0) is 42.5 Å². The molecule has 0 bridgehead atoms. The first-order valence-electron chi connectivity index (χ1n) is 7.94. The summed E-state index contributed by atoms with van der Waals surface area (Å²) in [4.78, 5) is 7.53. The smallest absolute Gasteiger partial charge is 0.369 e. The molecule has 0 atom stereocenters. The Hall–Kier alpha value is -3.22. The molecule has 3 N–H and O–H groups in total. The van der Waals surface area contributed by atoms with Crippen molar-refractivity contribution in [3.05, 3.63) is 64.2 Å². The largest absolute Gasteiger partial charge is 0.416 e. The van der Waals surface area contributed by atoms with Gasteiger partial charge in [-0.15, -0.1) is 0 Å². The number of hydrogen-bond acceptors (Lipinski definition) is 5. The first-order valence-corrected chi connectivity index (χ1v) is 8.35. The quantitative estimate of drug-likeness (QED) is 0.408. The molecule has 2 aromatic carbocycles. The minimum atomic E-state index is -5.06. The second-order valence-corrected chi connectivity index (χ2v) is 6.26. The fraction of sp³-hybridized carbons (Fsp3) is 0.118. The van der Waals surface area contributed by atoms with Crippen molar-refractivity contribution in [1.82, 2.24) is 14.5 Å². The van der Waals surface area contributed by atoms with Gasteiger partial charge in [0.05, 0.1) is 22.5 Å². The Morgan fingerprint density at radius 3 is 1.97 bits per heavy atom. The lowest BCUT2D eigenvalue weighted by molar-refractivity contribution is -0.143. The van der Waals surface area contributed by atoms with Crippen LogP contribution in [-0.4, -0.2) is 14.5 Å². The number of benzene rings is 2. The highest BCUT2D eigenvalue weighted by molar-refractivity contribution is 7.71. The monoisotopic (exact) mass is 449 g/mol. The second-order valence-electron chi connectivity index (χ2n) is 5.89. The van der Waals surface area contributed by atoms with Gasteiger partial charge in [0.1, 0.15) is 5.82 Å². The lowest BCUT2D eigenvalue weighted by atomic mass is 10.1. The standard InChI is InChI=1S/C17H10F7N5S/c18-11-3-1-2-4-12(11)26-14-27-13(25)29(15(30)28-14)10-6-8(16(19,20)21)5-9(7-10)17(22,23)24/h1-7H,(H3,25,26,27,28,30). The third kappa shape index (κ3) is 4.50. The predicted octanol–water partition coefficient (Wildman–Crippen LogP) is 5.50. The lowest BCUT2D eigenvalue weighted by Gasteiger charge is -2.17. The van der Waals surface area contributed by atoms with E-state index in [-0.39, 0.29) is 17.7 Å². The number of aromatic nitrogens is 3. The fourth-order valence-corrected chi connectivity index (χ4v) is 2.76. The van der Waals surface area contributed by atoms with Crippen molar-refractivity contribution in [1.29, 1.82) is 0 Å². The molecule has 0 saturated heterocycles. The molecule has 0 fully saturated rings. The summed E-state index contributed by atoms with van der Waals surface area (Å²) in [5.41, 5.74) is 1.94. The maximum atomic E-state index is 13.7. The molecule has 0 amide bonds. The Kier molecular flexibility index (Phi) is 5.41. The summed E-state index contributed by atoms with van der Waals surface area (Å²) in [5.74, 6) is -1.50. The summed E-state index contributed by atoms with van der Waals surface area (Å²) in [6, 6.07) is 6.28. The number of nitrogens with zero attached hydrogens (tertiary/aromatic N) is 3. The normalized spacial score (nSPS) is 12.1. The highest BCUT2D eigenvalue weighted by Gasteiger charge is 2.37. The topological polar surface area (TPSA) is 68.8 Å². The van der Waals surface area contributed by atoms with Gasteiger partial charge in [0.15, 0.2) is 0 Å². The molecule has 3 aromatic rings. The predicted molar refractivity (Wildman–Crippen MR) is 96.3 cm³/mol. The van der Waals surface area contributed by atoms with E-state index in [4.69, 9.17) is 18.0 Å². The number of halogens is 7. The molecule has 5 nitrogen and oxygen atoms in total. The maximum absolute atomic E-state index is 13.7. The Morgan fingerprint density at radius 2 is 1.47 bits per heavy atom. The first kappa shape index (κ1) is 21.5. The van der Waals surface area contributed by atoms with Crippen LogP contribution in [0.15, 0.2) is 42.5 Å². The Bertz CT molecular complexity index is 1120. The van der Waals surface area contributed by atoms with E-state index in [2.05, 4.69) is 15.3 Å². The molecule has 0 aliphatic carbocycles. The molecular weight excluding hydrogens is 439 g/mol. The minimum absolute atomic E-state index is 0.0295. The Labute approximate surface area is 169 Å². The molecule has 0 spiro atoms. The van der Waals surface area contributed by atoms with Crippen molar-refractivity contribution in [3.63, 3.8) is 0 Å². The molecular formula is C17H10F7N5S. The van der Waals surface area contributed by atoms with Crippen LogP contribution in [-0.2, 0) is 12.4 Å². The number of nitrogen functional groups attached to an aromatic ring is 1. The number of rotatable bonds is 3. The third-order valence-electron chi connectivity index (χ3n) is 3.79. The lowest BCUT2D eigenvalue weighted by Crippen LogP contribution is -2.16. The molecule has 0 unspecified atom stereocenters. The molecule has 1 aromatic heterocycles. The van der Waals surface area contributed by atoms with Crippen LogP contribution in [0.2, 0.25) is 0 Å². The average molecular weight is 449 g/mol. The van der Waals surface area contributed by atoms with Crippen molar-refractivity contribution in [2.24, 2.45) is 0 Å². The molecule has 0 aliphatic rings. The van der Waals surface area contributed by atoms with Gasteiger partial charge in [-0.1, -0.05) is 12.1 Å². The van der Waals surface area contributed by atoms with Gasteiger partial charge in [-0.3, -0.25) is 4.57 Å². The summed E-state index contributed by atoms with van der Waals surface area (Å²) in [5, 5.41) is 2.49. The van der Waals surface area contributed by atoms with Crippen LogP contribution in [0.1, 0.15) is 11.1 Å². The van der Waals surface area contributed by atoms with E-state index in [0.717, 1.165) is 6.07 Å². The molecule has 0 aliphatic heterocycles. The SMILES string of the molecule is Nc1nc(Nc2ccccc2F)nc(=S)n1-c1cc(C(F)(F)F)cc(C(F)(F)F)c1. The van der Waals surface area contributed by atoms with Crippen LogP contribution in [0.4, 0.5) is 48.3 Å². The number of nitrogens with one attached hydrogen (secondary N) is 1. The minimum Gasteiger partial charge on any atom is -0.369 e. The van der Waals surface area contributed by atoms with E-state index in [0.29, 0.717) is 16.7 Å². The molecule has 3 rings (SSSR count). The van der Waals surface area contributed by atoms with Gasteiger partial charge in [-0.25, -0.2) is 4.39 Å². The molecule has 0 radical (unpaired) electrons. The number of hydrogen-bond donors (Lipinski definition) is 2. The second kappa shape index (κ2) is 7.55. The summed E-state index contributed by atoms with van der Waals surface area (Å²) >= 11 is 4.97. The zero-order valence-corrected chi connectivity index (χ0v) is 15.3. The van der Waals surface area contributed by atoms with Crippen molar-refractivity contribution in [2.75, 3.05) is 11.1 Å². The van der Waals surface area contributed by atoms with Gasteiger partial charge in [0.25, 0.3) is 0 Å². The van der Waals surface area contributed by atoms with Gasteiger partial charge < -0.3 is 11.1 Å². The van der Waals surface area contributed by atoms with Crippen molar-refractivity contribution >= 4 is 29.8 Å². The molecule has 0 saturated carbocycles. The van der Waals surface area contributed by atoms with Crippen LogP contribution in [0.3, 0.4) is 0 Å². The molecule has 30 heavy (non-hydrogen) atoms. The van der Waals surface area contributed by atoms with Gasteiger partial charge in [-0.2, -0.15) is 36.3 Å². The summed E-state index contributed by atoms with van der Waals surface area (Å²) in [6.07, 6.45) is -10.1. The van der Waals surface area contributed by atoms with Gasteiger partial charge >= 0.3 is 12.4 Å². The van der Waals surface area contributed by atoms with Crippen LogP contribution in [0, 0.1) is 10.6 Å².